The minimum atomic E-state index is -0.102. The number of piperidine rings is 1. The summed E-state index contributed by atoms with van der Waals surface area (Å²) in [6.45, 7) is 4.59. The van der Waals surface area contributed by atoms with Crippen molar-refractivity contribution in [2.45, 2.75) is 83.7 Å². The van der Waals surface area contributed by atoms with Gasteiger partial charge in [-0.25, -0.2) is 0 Å². The molecule has 1 fully saturated rings. The van der Waals surface area contributed by atoms with Crippen molar-refractivity contribution in [2.24, 2.45) is 0 Å². The fourth-order valence-electron chi connectivity index (χ4n) is 2.99. The zero-order valence-electron chi connectivity index (χ0n) is 14.1. The molecule has 0 unspecified atom stereocenters. The number of unbranched alkanes of at least 4 members (excludes halogenated alkanes) is 2. The molecule has 1 aliphatic rings. The van der Waals surface area contributed by atoms with Gasteiger partial charge in [0.05, 0.1) is 19.6 Å². The molecule has 0 bridgehead atoms. The molecule has 0 aromatic carbocycles. The second-order valence-corrected chi connectivity index (χ2v) is 5.90. The van der Waals surface area contributed by atoms with Gasteiger partial charge in [0.1, 0.15) is 0 Å². The van der Waals surface area contributed by atoms with Gasteiger partial charge in [-0.3, -0.25) is 9.59 Å². The first kappa shape index (κ1) is 18.9. The van der Waals surface area contributed by atoms with Crippen LogP contribution in [0.4, 0.5) is 0 Å². The van der Waals surface area contributed by atoms with Crippen molar-refractivity contribution in [3.05, 3.63) is 0 Å². The van der Waals surface area contributed by atoms with E-state index in [0.29, 0.717) is 32.1 Å². The lowest BCUT2D eigenvalue weighted by molar-refractivity contribution is -0.144. The number of carbonyl (C=O) groups excluding carboxylic acids is 2. The molecule has 128 valence electrons. The predicted octanol–water partition coefficient (Wildman–Crippen LogP) is 2.96. The highest BCUT2D eigenvalue weighted by Crippen LogP contribution is 2.19. The normalized spacial score (nSPS) is 21.4. The molecule has 1 heterocycles. The molecule has 1 aliphatic heterocycles. The molecule has 1 N–H and O–H groups in total. The number of esters is 2. The molecule has 0 saturated carbocycles. The summed E-state index contributed by atoms with van der Waals surface area (Å²) in [5.41, 5.74) is 0. The highest BCUT2D eigenvalue weighted by Gasteiger charge is 2.23. The first-order valence-corrected chi connectivity index (χ1v) is 8.73. The number of ether oxygens (including phenoxy) is 2. The van der Waals surface area contributed by atoms with Gasteiger partial charge in [-0.15, -0.1) is 0 Å². The molecule has 5 heteroatoms. The van der Waals surface area contributed by atoms with Crippen LogP contribution >= 0.6 is 0 Å². The Bertz CT molecular complexity index is 333. The molecule has 2 atom stereocenters. The Balaban J connectivity index is 2.10. The van der Waals surface area contributed by atoms with Gasteiger partial charge < -0.3 is 14.8 Å². The fourth-order valence-corrected chi connectivity index (χ4v) is 2.99. The highest BCUT2D eigenvalue weighted by molar-refractivity contribution is 5.70. The number of hydrogen-bond donors (Lipinski definition) is 1. The van der Waals surface area contributed by atoms with Gasteiger partial charge >= 0.3 is 11.9 Å². The van der Waals surface area contributed by atoms with Gasteiger partial charge in [0.25, 0.3) is 0 Å². The lowest BCUT2D eigenvalue weighted by Crippen LogP contribution is -2.43. The van der Waals surface area contributed by atoms with E-state index in [1.54, 1.807) is 0 Å². The van der Waals surface area contributed by atoms with E-state index in [9.17, 15) is 9.59 Å². The van der Waals surface area contributed by atoms with Crippen LogP contribution < -0.4 is 5.32 Å². The molecular weight excluding hydrogens is 282 g/mol. The molecule has 0 spiro atoms. The number of carbonyl (C=O) groups is 2. The maximum Gasteiger partial charge on any atom is 0.307 e. The van der Waals surface area contributed by atoms with Crippen molar-refractivity contribution in [3.8, 4) is 0 Å². The highest BCUT2D eigenvalue weighted by atomic mass is 16.5. The van der Waals surface area contributed by atoms with Gasteiger partial charge in [-0.1, -0.05) is 19.3 Å². The van der Waals surface area contributed by atoms with Crippen LogP contribution in [-0.4, -0.2) is 37.2 Å². The van der Waals surface area contributed by atoms with E-state index in [1.165, 1.54) is 12.8 Å². The van der Waals surface area contributed by atoms with Crippen LogP contribution in [0.25, 0.3) is 0 Å². The zero-order chi connectivity index (χ0) is 16.2. The Morgan fingerprint density at radius 2 is 1.64 bits per heavy atom. The zero-order valence-corrected chi connectivity index (χ0v) is 14.1. The van der Waals surface area contributed by atoms with E-state index in [2.05, 4.69) is 5.32 Å². The largest absolute Gasteiger partial charge is 0.466 e. The molecule has 1 saturated heterocycles. The lowest BCUT2D eigenvalue weighted by Gasteiger charge is -2.30. The summed E-state index contributed by atoms with van der Waals surface area (Å²) in [6, 6.07) is 0.758. The molecule has 0 aliphatic carbocycles. The maximum atomic E-state index is 11.5. The molecule has 0 radical (unpaired) electrons. The standard InChI is InChI=1S/C17H31NO4/c1-3-21-16(19)12-7-5-6-9-14-10-8-11-15(18-14)13-17(20)22-4-2/h14-15,18H,3-13H2,1-2H3/t14-,15-/m0/s1. The molecule has 0 aromatic heterocycles. The van der Waals surface area contributed by atoms with E-state index in [-0.39, 0.29) is 18.0 Å². The van der Waals surface area contributed by atoms with Gasteiger partial charge in [0.2, 0.25) is 0 Å². The van der Waals surface area contributed by atoms with Crippen molar-refractivity contribution < 1.29 is 19.1 Å². The van der Waals surface area contributed by atoms with Crippen LogP contribution in [0.1, 0.15) is 71.6 Å². The molecular formula is C17H31NO4. The smallest absolute Gasteiger partial charge is 0.307 e. The SMILES string of the molecule is CCOC(=O)CCCCC[C@H]1CCC[C@@H](CC(=O)OCC)N1. The van der Waals surface area contributed by atoms with Crippen LogP contribution in [0.15, 0.2) is 0 Å². The van der Waals surface area contributed by atoms with Crippen molar-refractivity contribution in [2.75, 3.05) is 13.2 Å². The summed E-state index contributed by atoms with van der Waals surface area (Å²) in [4.78, 5) is 22.8. The first-order valence-electron chi connectivity index (χ1n) is 8.73. The molecule has 22 heavy (non-hydrogen) atoms. The minimum absolute atomic E-state index is 0.0900. The van der Waals surface area contributed by atoms with E-state index >= 15 is 0 Å². The van der Waals surface area contributed by atoms with E-state index in [4.69, 9.17) is 9.47 Å². The quantitative estimate of drug-likeness (QED) is 0.496. The van der Waals surface area contributed by atoms with E-state index in [1.807, 2.05) is 13.8 Å². The van der Waals surface area contributed by atoms with Gasteiger partial charge in [-0.05, 0) is 39.5 Å². The third-order valence-electron chi connectivity index (χ3n) is 4.03. The Kier molecular flexibility index (Phi) is 9.87. The summed E-state index contributed by atoms with van der Waals surface area (Å²) < 4.78 is 9.93. The summed E-state index contributed by atoms with van der Waals surface area (Å²) in [6.07, 6.45) is 8.59. The second-order valence-electron chi connectivity index (χ2n) is 5.90. The summed E-state index contributed by atoms with van der Waals surface area (Å²) >= 11 is 0. The van der Waals surface area contributed by atoms with Crippen LogP contribution in [0.2, 0.25) is 0 Å². The Morgan fingerprint density at radius 1 is 0.955 bits per heavy atom. The summed E-state index contributed by atoms with van der Waals surface area (Å²) in [7, 11) is 0. The Morgan fingerprint density at radius 3 is 2.36 bits per heavy atom. The van der Waals surface area contributed by atoms with Crippen molar-refractivity contribution in [1.29, 1.82) is 0 Å². The lowest BCUT2D eigenvalue weighted by atomic mass is 9.93. The number of nitrogens with one attached hydrogen (secondary N) is 1. The topological polar surface area (TPSA) is 64.6 Å². The Hall–Kier alpha value is -1.10. The molecule has 0 aromatic rings. The van der Waals surface area contributed by atoms with Gasteiger partial charge in [-0.2, -0.15) is 0 Å². The fraction of sp³-hybridized carbons (Fsp3) is 0.882. The number of rotatable bonds is 10. The maximum absolute atomic E-state index is 11.5. The third kappa shape index (κ3) is 8.37. The molecule has 0 amide bonds. The van der Waals surface area contributed by atoms with Crippen LogP contribution in [0, 0.1) is 0 Å². The predicted molar refractivity (Wildman–Crippen MR) is 85.5 cm³/mol. The average molecular weight is 313 g/mol. The van der Waals surface area contributed by atoms with Gasteiger partial charge in [0.15, 0.2) is 0 Å². The van der Waals surface area contributed by atoms with Crippen LogP contribution in [-0.2, 0) is 19.1 Å². The Labute approximate surface area is 134 Å². The van der Waals surface area contributed by atoms with E-state index < -0.39 is 0 Å². The monoisotopic (exact) mass is 313 g/mol. The van der Waals surface area contributed by atoms with Crippen LogP contribution in [0.3, 0.4) is 0 Å². The van der Waals surface area contributed by atoms with Crippen molar-refractivity contribution in [3.63, 3.8) is 0 Å². The third-order valence-corrected chi connectivity index (χ3v) is 4.03. The molecule has 1 rings (SSSR count). The van der Waals surface area contributed by atoms with E-state index in [0.717, 1.165) is 32.1 Å². The van der Waals surface area contributed by atoms with Crippen LogP contribution in [0.5, 0.6) is 0 Å². The summed E-state index contributed by atoms with van der Waals surface area (Å²) in [5.74, 6) is -0.192. The summed E-state index contributed by atoms with van der Waals surface area (Å²) in [5, 5.41) is 3.57. The van der Waals surface area contributed by atoms with Gasteiger partial charge in [0, 0.05) is 18.5 Å². The first-order chi connectivity index (χ1) is 10.7. The number of hydrogen-bond acceptors (Lipinski definition) is 5. The van der Waals surface area contributed by atoms with Crippen molar-refractivity contribution in [1.82, 2.24) is 5.32 Å². The minimum Gasteiger partial charge on any atom is -0.466 e. The van der Waals surface area contributed by atoms with Crippen molar-refractivity contribution >= 4 is 11.9 Å². The molecule has 5 nitrogen and oxygen atoms in total. The second kappa shape index (κ2) is 11.5. The average Bonchev–Trinajstić information content (AvgIpc) is 2.48.